The summed E-state index contributed by atoms with van der Waals surface area (Å²) in [6, 6.07) is 5.32. The van der Waals surface area contributed by atoms with Gasteiger partial charge in [0.1, 0.15) is 0 Å². The molecule has 1 aromatic rings. The van der Waals surface area contributed by atoms with Crippen LogP contribution >= 0.6 is 0 Å². The van der Waals surface area contributed by atoms with Crippen molar-refractivity contribution in [1.29, 1.82) is 0 Å². The number of amides is 1. The van der Waals surface area contributed by atoms with E-state index in [9.17, 15) is 18.0 Å². The van der Waals surface area contributed by atoms with Crippen molar-refractivity contribution in [3.63, 3.8) is 0 Å². The van der Waals surface area contributed by atoms with Crippen LogP contribution in [0.5, 0.6) is 0 Å². The molecule has 0 aliphatic carbocycles. The predicted octanol–water partition coefficient (Wildman–Crippen LogP) is 2.93. The Bertz CT molecular complexity index is 559. The van der Waals surface area contributed by atoms with Gasteiger partial charge < -0.3 is 10.2 Å². The topological polar surface area (TPSA) is 32.3 Å². The maximum Gasteiger partial charge on any atom is 0.416 e. The lowest BCUT2D eigenvalue weighted by molar-refractivity contribution is -0.137. The molecule has 0 saturated carbocycles. The van der Waals surface area contributed by atoms with Gasteiger partial charge in [0.05, 0.1) is 5.56 Å². The summed E-state index contributed by atoms with van der Waals surface area (Å²) >= 11 is 0. The van der Waals surface area contributed by atoms with E-state index in [1.807, 2.05) is 0 Å². The number of halogens is 3. The van der Waals surface area contributed by atoms with Crippen molar-refractivity contribution in [1.82, 2.24) is 10.2 Å². The Balaban J connectivity index is 2.23. The van der Waals surface area contributed by atoms with Gasteiger partial charge in [-0.2, -0.15) is 13.2 Å². The third-order valence-electron chi connectivity index (χ3n) is 3.65. The molecule has 1 aromatic carbocycles. The maximum atomic E-state index is 13.0. The third kappa shape index (κ3) is 4.10. The zero-order chi connectivity index (χ0) is 16.2. The first kappa shape index (κ1) is 16.5. The van der Waals surface area contributed by atoms with Crippen molar-refractivity contribution in [3.8, 4) is 0 Å². The molecule has 0 unspecified atom stereocenters. The van der Waals surface area contributed by atoms with Crippen LogP contribution in [0.4, 0.5) is 13.2 Å². The van der Waals surface area contributed by atoms with Crippen LogP contribution in [0.3, 0.4) is 0 Å². The van der Waals surface area contributed by atoms with Crippen LogP contribution < -0.4 is 5.32 Å². The second-order valence-electron chi connectivity index (χ2n) is 5.30. The van der Waals surface area contributed by atoms with Crippen molar-refractivity contribution in [2.45, 2.75) is 19.5 Å². The van der Waals surface area contributed by atoms with E-state index < -0.39 is 11.7 Å². The number of alkyl halides is 3. The molecule has 1 saturated heterocycles. The van der Waals surface area contributed by atoms with Gasteiger partial charge in [-0.05, 0) is 37.1 Å². The molecule has 1 fully saturated rings. The van der Waals surface area contributed by atoms with Crippen LogP contribution in [-0.4, -0.2) is 37.0 Å². The van der Waals surface area contributed by atoms with Crippen LogP contribution in [0.15, 0.2) is 30.3 Å². The fourth-order valence-corrected chi connectivity index (χ4v) is 2.49. The SMILES string of the molecule is C/C(=C\C(=O)N1CCCNCC1)c1ccccc1C(F)(F)F. The number of rotatable bonds is 2. The zero-order valence-corrected chi connectivity index (χ0v) is 12.4. The molecule has 1 aliphatic heterocycles. The molecule has 1 aliphatic rings. The van der Waals surface area contributed by atoms with E-state index in [1.54, 1.807) is 17.9 Å². The van der Waals surface area contributed by atoms with Crippen LogP contribution in [0, 0.1) is 0 Å². The summed E-state index contributed by atoms with van der Waals surface area (Å²) in [6.45, 7) is 4.29. The minimum absolute atomic E-state index is 0.0521. The van der Waals surface area contributed by atoms with Crippen molar-refractivity contribution in [2.75, 3.05) is 26.2 Å². The number of hydrogen-bond donors (Lipinski definition) is 1. The van der Waals surface area contributed by atoms with Gasteiger partial charge in [0.15, 0.2) is 0 Å². The number of nitrogens with zero attached hydrogens (tertiary/aromatic N) is 1. The molecule has 6 heteroatoms. The highest BCUT2D eigenvalue weighted by Crippen LogP contribution is 2.34. The van der Waals surface area contributed by atoms with Gasteiger partial charge in [0, 0.05) is 25.7 Å². The van der Waals surface area contributed by atoms with Crippen LogP contribution in [0.25, 0.3) is 5.57 Å². The van der Waals surface area contributed by atoms with E-state index in [-0.39, 0.29) is 11.5 Å². The Morgan fingerprint density at radius 2 is 1.95 bits per heavy atom. The van der Waals surface area contributed by atoms with E-state index >= 15 is 0 Å². The van der Waals surface area contributed by atoms with Gasteiger partial charge >= 0.3 is 6.18 Å². The summed E-state index contributed by atoms with van der Waals surface area (Å²) in [6.07, 6.45) is -2.28. The third-order valence-corrected chi connectivity index (χ3v) is 3.65. The standard InChI is InChI=1S/C16H19F3N2O/c1-12(11-15(22)21-9-4-7-20-8-10-21)13-5-2-3-6-14(13)16(17,18)19/h2-3,5-6,11,20H,4,7-10H2,1H3/b12-11+. The van der Waals surface area contributed by atoms with Crippen LogP contribution in [-0.2, 0) is 11.0 Å². The van der Waals surface area contributed by atoms with Crippen molar-refractivity contribution >= 4 is 11.5 Å². The van der Waals surface area contributed by atoms with Gasteiger partial charge in [-0.3, -0.25) is 4.79 Å². The molecule has 22 heavy (non-hydrogen) atoms. The molecule has 0 radical (unpaired) electrons. The first-order valence-corrected chi connectivity index (χ1v) is 7.24. The Morgan fingerprint density at radius 1 is 1.23 bits per heavy atom. The smallest absolute Gasteiger partial charge is 0.338 e. The highest BCUT2D eigenvalue weighted by Gasteiger charge is 2.33. The molecular weight excluding hydrogens is 293 g/mol. The molecule has 0 aromatic heterocycles. The quantitative estimate of drug-likeness (QED) is 0.852. The van der Waals surface area contributed by atoms with Crippen molar-refractivity contribution in [3.05, 3.63) is 41.5 Å². The van der Waals surface area contributed by atoms with Gasteiger partial charge in [0.25, 0.3) is 0 Å². The second-order valence-corrected chi connectivity index (χ2v) is 5.30. The molecular formula is C16H19F3N2O. The van der Waals surface area contributed by atoms with E-state index in [2.05, 4.69) is 5.32 Å². The second kappa shape index (κ2) is 6.96. The summed E-state index contributed by atoms with van der Waals surface area (Å²) in [7, 11) is 0. The van der Waals surface area contributed by atoms with Gasteiger partial charge in [-0.25, -0.2) is 0 Å². The first-order valence-electron chi connectivity index (χ1n) is 7.24. The Hall–Kier alpha value is -1.82. The Kier molecular flexibility index (Phi) is 5.24. The minimum atomic E-state index is -4.43. The molecule has 1 N–H and O–H groups in total. The van der Waals surface area contributed by atoms with Gasteiger partial charge in [-0.15, -0.1) is 0 Å². The molecule has 0 spiro atoms. The highest BCUT2D eigenvalue weighted by atomic mass is 19.4. The molecule has 3 nitrogen and oxygen atoms in total. The number of carbonyl (C=O) groups excluding carboxylic acids is 1. The number of hydrogen-bond acceptors (Lipinski definition) is 2. The molecule has 1 amide bonds. The lowest BCUT2D eigenvalue weighted by Gasteiger charge is -2.19. The van der Waals surface area contributed by atoms with E-state index in [0.29, 0.717) is 25.2 Å². The zero-order valence-electron chi connectivity index (χ0n) is 12.4. The first-order chi connectivity index (χ1) is 10.4. The molecule has 2 rings (SSSR count). The van der Waals surface area contributed by atoms with Gasteiger partial charge in [-0.1, -0.05) is 18.2 Å². The molecule has 1 heterocycles. The predicted molar refractivity (Wildman–Crippen MR) is 79.2 cm³/mol. The maximum absolute atomic E-state index is 13.0. The fraction of sp³-hybridized carbons (Fsp3) is 0.438. The molecule has 0 bridgehead atoms. The summed E-state index contributed by atoms with van der Waals surface area (Å²) < 4.78 is 39.1. The number of benzene rings is 1. The normalized spacial score (nSPS) is 17.3. The lowest BCUT2D eigenvalue weighted by Crippen LogP contribution is -2.33. The molecule has 0 atom stereocenters. The Labute approximate surface area is 127 Å². The monoisotopic (exact) mass is 312 g/mol. The minimum Gasteiger partial charge on any atom is -0.338 e. The average molecular weight is 312 g/mol. The lowest BCUT2D eigenvalue weighted by atomic mass is 10.00. The number of allylic oxidation sites excluding steroid dienone is 1. The van der Waals surface area contributed by atoms with Crippen LogP contribution in [0.2, 0.25) is 0 Å². The summed E-state index contributed by atoms with van der Waals surface area (Å²) in [5.74, 6) is -0.238. The van der Waals surface area contributed by atoms with Crippen LogP contribution in [0.1, 0.15) is 24.5 Å². The number of carbonyl (C=O) groups is 1. The number of nitrogens with one attached hydrogen (secondary N) is 1. The van der Waals surface area contributed by atoms with E-state index in [1.165, 1.54) is 18.2 Å². The molecule has 120 valence electrons. The van der Waals surface area contributed by atoms with Crippen molar-refractivity contribution in [2.24, 2.45) is 0 Å². The fourth-order valence-electron chi connectivity index (χ4n) is 2.49. The average Bonchev–Trinajstić information content (AvgIpc) is 2.75. The summed E-state index contributed by atoms with van der Waals surface area (Å²) in [4.78, 5) is 13.9. The van der Waals surface area contributed by atoms with Gasteiger partial charge in [0.2, 0.25) is 5.91 Å². The van der Waals surface area contributed by atoms with Crippen molar-refractivity contribution < 1.29 is 18.0 Å². The largest absolute Gasteiger partial charge is 0.416 e. The Morgan fingerprint density at radius 3 is 2.68 bits per heavy atom. The van der Waals surface area contributed by atoms with E-state index in [0.717, 1.165) is 19.0 Å². The summed E-state index contributed by atoms with van der Waals surface area (Å²) in [5, 5.41) is 3.18. The van der Waals surface area contributed by atoms with E-state index in [4.69, 9.17) is 0 Å². The highest BCUT2D eigenvalue weighted by molar-refractivity contribution is 5.95. The summed E-state index contributed by atoms with van der Waals surface area (Å²) in [5.41, 5.74) is -0.333.